The molecule has 1 rings (SSSR count). The van der Waals surface area contributed by atoms with E-state index in [1.54, 1.807) is 19.1 Å². The summed E-state index contributed by atoms with van der Waals surface area (Å²) in [6.45, 7) is 8.57. The molecule has 0 aliphatic rings. The molecule has 1 atom stereocenters. The zero-order valence-electron chi connectivity index (χ0n) is 16.6. The molecular formula is C19H31N3O4. The summed E-state index contributed by atoms with van der Waals surface area (Å²) >= 11 is 0. The third-order valence-electron chi connectivity index (χ3n) is 3.91. The highest BCUT2D eigenvalue weighted by atomic mass is 16.5. The summed E-state index contributed by atoms with van der Waals surface area (Å²) in [4.78, 5) is 26.1. The minimum absolute atomic E-state index is 0.0792. The Hall–Kier alpha value is -2.28. The maximum atomic E-state index is 12.4. The summed E-state index contributed by atoms with van der Waals surface area (Å²) in [6, 6.07) is 5.29. The van der Waals surface area contributed by atoms with Crippen molar-refractivity contribution in [2.45, 2.75) is 39.8 Å². The van der Waals surface area contributed by atoms with Gasteiger partial charge in [0.25, 0.3) is 0 Å². The van der Waals surface area contributed by atoms with Gasteiger partial charge in [0.2, 0.25) is 11.8 Å². The summed E-state index contributed by atoms with van der Waals surface area (Å²) in [6.07, 6.45) is 0. The van der Waals surface area contributed by atoms with Gasteiger partial charge in [-0.25, -0.2) is 0 Å². The molecular weight excluding hydrogens is 334 g/mol. The molecule has 0 heterocycles. The maximum Gasteiger partial charge on any atom is 0.234 e. The fourth-order valence-electron chi connectivity index (χ4n) is 2.60. The number of hydrogen-bond acceptors (Lipinski definition) is 5. The largest absolute Gasteiger partial charge is 0.497 e. The highest BCUT2D eigenvalue weighted by Gasteiger charge is 2.18. The third kappa shape index (κ3) is 6.92. The molecule has 0 spiro atoms. The predicted octanol–water partition coefficient (Wildman–Crippen LogP) is 1.73. The second-order valence-corrected chi connectivity index (χ2v) is 6.42. The zero-order chi connectivity index (χ0) is 19.7. The number of methoxy groups -OCH3 is 2. The number of rotatable bonds is 10. The number of hydrogen-bond donors (Lipinski definition) is 2. The van der Waals surface area contributed by atoms with E-state index in [1.807, 2.05) is 45.9 Å². The molecule has 0 unspecified atom stereocenters. The van der Waals surface area contributed by atoms with Crippen molar-refractivity contribution in [3.63, 3.8) is 0 Å². The maximum absolute atomic E-state index is 12.4. The second-order valence-electron chi connectivity index (χ2n) is 6.42. The van der Waals surface area contributed by atoms with Crippen LogP contribution in [0.4, 0.5) is 0 Å². The van der Waals surface area contributed by atoms with Gasteiger partial charge in [0.15, 0.2) is 0 Å². The van der Waals surface area contributed by atoms with E-state index in [9.17, 15) is 9.59 Å². The number of ether oxygens (including phenoxy) is 2. The Morgan fingerprint density at radius 3 is 2.15 bits per heavy atom. The van der Waals surface area contributed by atoms with Crippen LogP contribution >= 0.6 is 0 Å². The van der Waals surface area contributed by atoms with Crippen LogP contribution in [0.25, 0.3) is 0 Å². The van der Waals surface area contributed by atoms with Crippen LogP contribution in [0.2, 0.25) is 0 Å². The number of nitrogens with one attached hydrogen (secondary N) is 2. The zero-order valence-corrected chi connectivity index (χ0v) is 16.6. The molecule has 0 fully saturated rings. The number of likely N-dealkylation sites (N-methyl/N-ethyl adjacent to an activating group) is 1. The minimum atomic E-state index is -0.254. The van der Waals surface area contributed by atoms with Gasteiger partial charge in [-0.1, -0.05) is 6.92 Å². The van der Waals surface area contributed by atoms with Gasteiger partial charge in [-0.2, -0.15) is 0 Å². The molecule has 0 saturated heterocycles. The van der Waals surface area contributed by atoms with Crippen molar-refractivity contribution >= 4 is 11.8 Å². The van der Waals surface area contributed by atoms with Gasteiger partial charge in [0.1, 0.15) is 11.5 Å². The molecule has 0 aromatic heterocycles. The summed E-state index contributed by atoms with van der Waals surface area (Å²) < 4.78 is 10.6. The van der Waals surface area contributed by atoms with Crippen LogP contribution < -0.4 is 20.1 Å². The number of carbonyl (C=O) groups is 2. The molecule has 0 aliphatic carbocycles. The Kier molecular flexibility index (Phi) is 8.92. The number of amides is 2. The molecule has 0 aliphatic heterocycles. The monoisotopic (exact) mass is 365 g/mol. The van der Waals surface area contributed by atoms with Crippen molar-refractivity contribution in [3.8, 4) is 11.5 Å². The normalized spacial score (nSPS) is 12.0. The van der Waals surface area contributed by atoms with E-state index in [2.05, 4.69) is 10.6 Å². The lowest BCUT2D eigenvalue weighted by atomic mass is 10.1. The van der Waals surface area contributed by atoms with E-state index < -0.39 is 0 Å². The Morgan fingerprint density at radius 1 is 1.04 bits per heavy atom. The third-order valence-corrected chi connectivity index (χ3v) is 3.91. The highest BCUT2D eigenvalue weighted by Crippen LogP contribution is 2.29. The topological polar surface area (TPSA) is 79.9 Å². The summed E-state index contributed by atoms with van der Waals surface area (Å²) in [5, 5.41) is 5.79. The molecule has 0 bridgehead atoms. The predicted molar refractivity (Wildman–Crippen MR) is 101 cm³/mol. The Labute approximate surface area is 156 Å². The Bertz CT molecular complexity index is 604. The first-order chi connectivity index (χ1) is 12.3. The number of benzene rings is 1. The standard InChI is InChI=1S/C19H31N3O4/c1-7-22(11-18(23)20-13(2)3)12-19(24)21-14(4)16-10-15(25-5)8-9-17(16)26-6/h8-10,13-14H,7,11-12H2,1-6H3,(H,20,23)(H,21,24)/t14-/m1/s1. The molecule has 2 N–H and O–H groups in total. The lowest BCUT2D eigenvalue weighted by Crippen LogP contribution is -2.44. The van der Waals surface area contributed by atoms with Crippen LogP contribution in [0.15, 0.2) is 18.2 Å². The van der Waals surface area contributed by atoms with Gasteiger partial charge < -0.3 is 20.1 Å². The van der Waals surface area contributed by atoms with E-state index in [-0.39, 0.29) is 37.0 Å². The van der Waals surface area contributed by atoms with Gasteiger partial charge in [-0.15, -0.1) is 0 Å². The van der Waals surface area contributed by atoms with E-state index in [1.165, 1.54) is 0 Å². The quantitative estimate of drug-likeness (QED) is 0.660. The first kappa shape index (κ1) is 21.8. The minimum Gasteiger partial charge on any atom is -0.497 e. The lowest BCUT2D eigenvalue weighted by Gasteiger charge is -2.22. The number of carbonyl (C=O) groups excluding carboxylic acids is 2. The van der Waals surface area contributed by atoms with E-state index in [0.29, 0.717) is 18.0 Å². The van der Waals surface area contributed by atoms with Gasteiger partial charge in [-0.05, 0) is 45.5 Å². The summed E-state index contributed by atoms with van der Waals surface area (Å²) in [7, 11) is 3.18. The SMILES string of the molecule is CCN(CC(=O)NC(C)C)CC(=O)N[C@H](C)c1cc(OC)ccc1OC. The summed E-state index contributed by atoms with van der Waals surface area (Å²) in [5.41, 5.74) is 0.834. The van der Waals surface area contributed by atoms with Crippen LogP contribution in [-0.4, -0.2) is 56.6 Å². The molecule has 1 aromatic rings. The van der Waals surface area contributed by atoms with Crippen molar-refractivity contribution in [3.05, 3.63) is 23.8 Å². The first-order valence-electron chi connectivity index (χ1n) is 8.83. The highest BCUT2D eigenvalue weighted by molar-refractivity contribution is 5.81. The van der Waals surface area contributed by atoms with E-state index >= 15 is 0 Å². The second kappa shape index (κ2) is 10.7. The Morgan fingerprint density at radius 2 is 1.65 bits per heavy atom. The molecule has 0 saturated carbocycles. The molecule has 26 heavy (non-hydrogen) atoms. The van der Waals surface area contributed by atoms with Gasteiger partial charge in [-0.3, -0.25) is 14.5 Å². The van der Waals surface area contributed by atoms with Crippen molar-refractivity contribution in [2.75, 3.05) is 33.9 Å². The van der Waals surface area contributed by atoms with Crippen LogP contribution in [0.5, 0.6) is 11.5 Å². The van der Waals surface area contributed by atoms with Crippen LogP contribution in [0, 0.1) is 0 Å². The first-order valence-corrected chi connectivity index (χ1v) is 8.83. The summed E-state index contributed by atoms with van der Waals surface area (Å²) in [5.74, 6) is 1.14. The van der Waals surface area contributed by atoms with Gasteiger partial charge >= 0.3 is 0 Å². The average molecular weight is 365 g/mol. The Balaban J connectivity index is 2.70. The van der Waals surface area contributed by atoms with E-state index in [0.717, 1.165) is 5.56 Å². The van der Waals surface area contributed by atoms with Crippen molar-refractivity contribution in [1.29, 1.82) is 0 Å². The fraction of sp³-hybridized carbons (Fsp3) is 0.579. The molecule has 146 valence electrons. The molecule has 7 heteroatoms. The smallest absolute Gasteiger partial charge is 0.234 e. The van der Waals surface area contributed by atoms with Crippen LogP contribution in [-0.2, 0) is 9.59 Å². The van der Waals surface area contributed by atoms with Crippen molar-refractivity contribution in [2.24, 2.45) is 0 Å². The molecule has 7 nitrogen and oxygen atoms in total. The molecule has 1 aromatic carbocycles. The van der Waals surface area contributed by atoms with E-state index in [4.69, 9.17) is 9.47 Å². The molecule has 2 amide bonds. The number of nitrogens with zero attached hydrogens (tertiary/aromatic N) is 1. The van der Waals surface area contributed by atoms with Crippen molar-refractivity contribution < 1.29 is 19.1 Å². The van der Waals surface area contributed by atoms with Gasteiger partial charge in [0, 0.05) is 11.6 Å². The fourth-order valence-corrected chi connectivity index (χ4v) is 2.60. The van der Waals surface area contributed by atoms with Crippen molar-refractivity contribution in [1.82, 2.24) is 15.5 Å². The average Bonchev–Trinajstić information content (AvgIpc) is 2.59. The van der Waals surface area contributed by atoms with Crippen LogP contribution in [0.3, 0.4) is 0 Å². The lowest BCUT2D eigenvalue weighted by molar-refractivity contribution is -0.125. The molecule has 0 radical (unpaired) electrons. The van der Waals surface area contributed by atoms with Crippen LogP contribution in [0.1, 0.15) is 39.3 Å². The van der Waals surface area contributed by atoms with Gasteiger partial charge in [0.05, 0.1) is 33.4 Å².